The van der Waals surface area contributed by atoms with E-state index in [-0.39, 0.29) is 11.8 Å². The van der Waals surface area contributed by atoms with E-state index >= 15 is 0 Å². The molecule has 18 heavy (non-hydrogen) atoms. The van der Waals surface area contributed by atoms with Crippen molar-refractivity contribution < 1.29 is 23.0 Å². The molecule has 0 aromatic heterocycles. The smallest absolute Gasteiger partial charge is 0.417 e. The SMILES string of the molecule is C[C@@H](N)c1cc(Br)ccc1OCC(O)C(F)(F)F. The van der Waals surface area contributed by atoms with Gasteiger partial charge in [0.25, 0.3) is 0 Å². The predicted octanol–water partition coefficient (Wildman–Crippen LogP) is 2.77. The Bertz CT molecular complexity index is 410. The lowest BCUT2D eigenvalue weighted by Gasteiger charge is -2.18. The molecule has 0 amide bonds. The van der Waals surface area contributed by atoms with Crippen molar-refractivity contribution in [3.8, 4) is 5.75 Å². The second kappa shape index (κ2) is 5.90. The number of aliphatic hydroxyl groups excluding tert-OH is 1. The number of hydrogen-bond donors (Lipinski definition) is 2. The summed E-state index contributed by atoms with van der Waals surface area (Å²) < 4.78 is 42.1. The zero-order chi connectivity index (χ0) is 13.9. The number of ether oxygens (including phenoxy) is 1. The Kier molecular flexibility index (Phi) is 5.01. The fourth-order valence-electron chi connectivity index (χ4n) is 1.27. The molecule has 0 heterocycles. The van der Waals surface area contributed by atoms with Crippen molar-refractivity contribution in [3.05, 3.63) is 28.2 Å². The normalized spacial score (nSPS) is 15.3. The molecule has 0 radical (unpaired) electrons. The van der Waals surface area contributed by atoms with E-state index in [1.807, 2.05) is 0 Å². The van der Waals surface area contributed by atoms with Gasteiger partial charge in [-0.05, 0) is 25.1 Å². The van der Waals surface area contributed by atoms with Gasteiger partial charge < -0.3 is 15.6 Å². The van der Waals surface area contributed by atoms with E-state index in [2.05, 4.69) is 15.9 Å². The van der Waals surface area contributed by atoms with Crippen molar-refractivity contribution in [2.24, 2.45) is 5.73 Å². The number of hydrogen-bond acceptors (Lipinski definition) is 3. The molecule has 3 nitrogen and oxygen atoms in total. The highest BCUT2D eigenvalue weighted by Crippen LogP contribution is 2.28. The van der Waals surface area contributed by atoms with Crippen molar-refractivity contribution in [1.29, 1.82) is 0 Å². The maximum absolute atomic E-state index is 12.1. The lowest BCUT2D eigenvalue weighted by atomic mass is 10.1. The number of benzene rings is 1. The summed E-state index contributed by atoms with van der Waals surface area (Å²) in [5, 5.41) is 8.84. The second-order valence-electron chi connectivity index (χ2n) is 3.84. The van der Waals surface area contributed by atoms with Crippen LogP contribution in [0.15, 0.2) is 22.7 Å². The van der Waals surface area contributed by atoms with E-state index in [4.69, 9.17) is 15.6 Å². The van der Waals surface area contributed by atoms with Gasteiger partial charge in [0.1, 0.15) is 12.4 Å². The highest BCUT2D eigenvalue weighted by Gasteiger charge is 2.38. The van der Waals surface area contributed by atoms with Crippen molar-refractivity contribution in [1.82, 2.24) is 0 Å². The number of alkyl halides is 3. The van der Waals surface area contributed by atoms with Crippen LogP contribution in [0.3, 0.4) is 0 Å². The van der Waals surface area contributed by atoms with Crippen LogP contribution in [0, 0.1) is 0 Å². The summed E-state index contributed by atoms with van der Waals surface area (Å²) in [5.74, 6) is 0.233. The third-order valence-corrected chi connectivity index (χ3v) is 2.73. The summed E-state index contributed by atoms with van der Waals surface area (Å²) in [7, 11) is 0. The summed E-state index contributed by atoms with van der Waals surface area (Å²) in [5.41, 5.74) is 6.26. The Morgan fingerprint density at radius 1 is 1.44 bits per heavy atom. The highest BCUT2D eigenvalue weighted by molar-refractivity contribution is 9.10. The first kappa shape index (κ1) is 15.3. The number of nitrogens with two attached hydrogens (primary N) is 1. The van der Waals surface area contributed by atoms with Gasteiger partial charge in [0, 0.05) is 16.1 Å². The van der Waals surface area contributed by atoms with E-state index in [1.165, 1.54) is 6.07 Å². The molecular weight excluding hydrogens is 315 g/mol. The summed E-state index contributed by atoms with van der Waals surface area (Å²) >= 11 is 3.24. The fraction of sp³-hybridized carbons (Fsp3) is 0.455. The van der Waals surface area contributed by atoms with Crippen LogP contribution in [-0.4, -0.2) is 24.0 Å². The Balaban J connectivity index is 2.79. The van der Waals surface area contributed by atoms with Crippen molar-refractivity contribution >= 4 is 15.9 Å². The first-order valence-electron chi connectivity index (χ1n) is 5.14. The van der Waals surface area contributed by atoms with Gasteiger partial charge >= 0.3 is 6.18 Å². The van der Waals surface area contributed by atoms with E-state index in [9.17, 15) is 13.2 Å². The maximum atomic E-state index is 12.1. The first-order chi connectivity index (χ1) is 8.21. The largest absolute Gasteiger partial charge is 0.490 e. The molecule has 0 aliphatic rings. The number of halogens is 4. The van der Waals surface area contributed by atoms with Crippen LogP contribution in [-0.2, 0) is 0 Å². The molecule has 0 bridgehead atoms. The highest BCUT2D eigenvalue weighted by atomic mass is 79.9. The maximum Gasteiger partial charge on any atom is 0.417 e. The number of aliphatic hydroxyl groups is 1. The predicted molar refractivity (Wildman–Crippen MR) is 64.3 cm³/mol. The van der Waals surface area contributed by atoms with E-state index in [1.54, 1.807) is 19.1 Å². The van der Waals surface area contributed by atoms with Crippen molar-refractivity contribution in [3.63, 3.8) is 0 Å². The monoisotopic (exact) mass is 327 g/mol. The average Bonchev–Trinajstić information content (AvgIpc) is 2.25. The van der Waals surface area contributed by atoms with Gasteiger partial charge in [-0.3, -0.25) is 0 Å². The van der Waals surface area contributed by atoms with Crippen molar-refractivity contribution in [2.75, 3.05) is 6.61 Å². The van der Waals surface area contributed by atoms with E-state index in [0.717, 1.165) is 4.47 Å². The lowest BCUT2D eigenvalue weighted by molar-refractivity contribution is -0.210. The van der Waals surface area contributed by atoms with Crippen LogP contribution >= 0.6 is 15.9 Å². The fourth-order valence-corrected chi connectivity index (χ4v) is 1.65. The Labute approximate surface area is 111 Å². The molecule has 0 saturated carbocycles. The molecule has 1 unspecified atom stereocenters. The standard InChI is InChI=1S/C11H13BrF3NO2/c1-6(16)8-4-7(12)2-3-9(8)18-5-10(17)11(13,14)15/h2-4,6,10,17H,5,16H2,1H3/t6-,10?/m1/s1. The van der Waals surface area contributed by atoms with Crippen LogP contribution < -0.4 is 10.5 Å². The minimum Gasteiger partial charge on any atom is -0.490 e. The van der Waals surface area contributed by atoms with Crippen LogP contribution in [0.25, 0.3) is 0 Å². The zero-order valence-electron chi connectivity index (χ0n) is 9.54. The summed E-state index contributed by atoms with van der Waals surface area (Å²) in [6, 6.07) is 4.41. The first-order valence-corrected chi connectivity index (χ1v) is 5.93. The second-order valence-corrected chi connectivity index (χ2v) is 4.75. The molecule has 0 aliphatic carbocycles. The minimum atomic E-state index is -4.69. The van der Waals surface area contributed by atoms with Gasteiger partial charge in [0.15, 0.2) is 6.10 Å². The molecule has 1 aromatic carbocycles. The van der Waals surface area contributed by atoms with E-state index in [0.29, 0.717) is 5.56 Å². The molecule has 2 atom stereocenters. The molecule has 1 aromatic rings. The van der Waals surface area contributed by atoms with Gasteiger partial charge in [-0.25, -0.2) is 0 Å². The number of rotatable bonds is 4. The summed E-state index contributed by atoms with van der Waals surface area (Å²) in [6.45, 7) is 0.833. The third kappa shape index (κ3) is 4.15. The molecule has 3 N–H and O–H groups in total. The van der Waals surface area contributed by atoms with Crippen LogP contribution in [0.4, 0.5) is 13.2 Å². The zero-order valence-corrected chi connectivity index (χ0v) is 11.1. The topological polar surface area (TPSA) is 55.5 Å². The Morgan fingerprint density at radius 2 is 2.06 bits per heavy atom. The van der Waals surface area contributed by atoms with Crippen molar-refractivity contribution in [2.45, 2.75) is 25.2 Å². The van der Waals surface area contributed by atoms with Crippen LogP contribution in [0.5, 0.6) is 5.75 Å². The molecule has 7 heteroatoms. The van der Waals surface area contributed by atoms with Crippen LogP contribution in [0.1, 0.15) is 18.5 Å². The lowest BCUT2D eigenvalue weighted by Crippen LogP contribution is -2.34. The van der Waals surface area contributed by atoms with E-state index < -0.39 is 18.9 Å². The summed E-state index contributed by atoms with van der Waals surface area (Å²) in [6.07, 6.45) is -7.20. The Hall–Kier alpha value is -0.790. The molecule has 0 aliphatic heterocycles. The molecule has 0 fully saturated rings. The minimum absolute atomic E-state index is 0.233. The van der Waals surface area contributed by atoms with Gasteiger partial charge in [-0.2, -0.15) is 13.2 Å². The Morgan fingerprint density at radius 3 is 2.56 bits per heavy atom. The summed E-state index contributed by atoms with van der Waals surface area (Å²) in [4.78, 5) is 0. The molecule has 1 rings (SSSR count). The molecule has 0 spiro atoms. The molecule has 102 valence electrons. The quantitative estimate of drug-likeness (QED) is 0.894. The van der Waals surface area contributed by atoms with Gasteiger partial charge in [-0.15, -0.1) is 0 Å². The van der Waals surface area contributed by atoms with Gasteiger partial charge in [-0.1, -0.05) is 15.9 Å². The third-order valence-electron chi connectivity index (χ3n) is 2.24. The molecule has 0 saturated heterocycles. The van der Waals surface area contributed by atoms with Crippen LogP contribution in [0.2, 0.25) is 0 Å². The molecular formula is C11H13BrF3NO2. The average molecular weight is 328 g/mol. The van der Waals surface area contributed by atoms with Gasteiger partial charge in [0.2, 0.25) is 0 Å². The van der Waals surface area contributed by atoms with Gasteiger partial charge in [0.05, 0.1) is 0 Å².